The fraction of sp³-hybridized carbons (Fsp3) is 0.269. The number of carbonyl (C=O) groups excluding carboxylic acids is 1. The zero-order valence-corrected chi connectivity index (χ0v) is 19.1. The van der Waals surface area contributed by atoms with E-state index in [1.165, 1.54) is 0 Å². The number of aliphatic hydroxyl groups is 1. The van der Waals surface area contributed by atoms with Gasteiger partial charge in [0.1, 0.15) is 0 Å². The molecule has 3 N–H and O–H groups in total. The van der Waals surface area contributed by atoms with Crippen LogP contribution in [0.3, 0.4) is 0 Å². The minimum atomic E-state index is -0.869. The Balaban J connectivity index is 1.45. The lowest BCUT2D eigenvalue weighted by atomic mass is 10.0. The number of nitrogens with one attached hydrogen (secondary N) is 1. The summed E-state index contributed by atoms with van der Waals surface area (Å²) in [5.74, 6) is 0.871. The van der Waals surface area contributed by atoms with Gasteiger partial charge in [-0.3, -0.25) is 14.9 Å². The number of morpholine rings is 1. The molecule has 1 amide bonds. The van der Waals surface area contributed by atoms with Crippen LogP contribution in [-0.2, 0) is 11.3 Å². The van der Waals surface area contributed by atoms with E-state index in [9.17, 15) is 9.90 Å². The highest BCUT2D eigenvalue weighted by atomic mass is 16.7. The summed E-state index contributed by atoms with van der Waals surface area (Å²) in [4.78, 5) is 15.6. The first-order valence-corrected chi connectivity index (χ1v) is 11.4. The van der Waals surface area contributed by atoms with Crippen LogP contribution in [0.4, 0.5) is 5.69 Å². The van der Waals surface area contributed by atoms with Crippen molar-refractivity contribution in [2.75, 3.05) is 38.0 Å². The zero-order chi connectivity index (χ0) is 24.2. The molecule has 182 valence electrons. The summed E-state index contributed by atoms with van der Waals surface area (Å²) in [5, 5.41) is 20.2. The number of hydrogen-bond acceptors (Lipinski definition) is 8. The van der Waals surface area contributed by atoms with Crippen LogP contribution in [0.5, 0.6) is 11.5 Å². The third-order valence-corrected chi connectivity index (χ3v) is 6.21. The summed E-state index contributed by atoms with van der Waals surface area (Å²) in [6.45, 7) is 2.99. The van der Waals surface area contributed by atoms with Crippen molar-refractivity contribution in [1.82, 2.24) is 10.4 Å². The minimum Gasteiger partial charge on any atom is -0.454 e. The summed E-state index contributed by atoms with van der Waals surface area (Å²) < 4.78 is 16.4. The second kappa shape index (κ2) is 10.3. The molecule has 3 aromatic rings. The maximum atomic E-state index is 11.7. The predicted molar refractivity (Wildman–Crippen MR) is 128 cm³/mol. The molecule has 0 aromatic heterocycles. The van der Waals surface area contributed by atoms with Crippen LogP contribution in [0.25, 0.3) is 11.1 Å². The molecule has 2 aliphatic heterocycles. The Morgan fingerprint density at radius 2 is 1.71 bits per heavy atom. The molecule has 2 heterocycles. The summed E-state index contributed by atoms with van der Waals surface area (Å²) in [7, 11) is 0. The number of amides is 1. The van der Waals surface area contributed by atoms with Crippen molar-refractivity contribution in [3.63, 3.8) is 0 Å². The second-order valence-corrected chi connectivity index (χ2v) is 8.38. The van der Waals surface area contributed by atoms with Gasteiger partial charge < -0.3 is 24.2 Å². The van der Waals surface area contributed by atoms with Crippen molar-refractivity contribution in [2.45, 2.75) is 12.9 Å². The van der Waals surface area contributed by atoms with E-state index in [-0.39, 0.29) is 6.79 Å². The van der Waals surface area contributed by atoms with Crippen molar-refractivity contribution < 1.29 is 29.3 Å². The molecule has 0 saturated carbocycles. The van der Waals surface area contributed by atoms with E-state index < -0.39 is 12.3 Å². The smallest absolute Gasteiger partial charge is 0.274 e. The van der Waals surface area contributed by atoms with Crippen molar-refractivity contribution >= 4 is 11.6 Å². The Bertz CT molecular complexity index is 1180. The third kappa shape index (κ3) is 5.08. The molecule has 0 radical (unpaired) electrons. The standard InChI is InChI=1S/C26H27N3O6/c30-25(27-32)19-6-4-18(5-7-19)16-29(26(31)28-10-12-33-13-11-28)22-3-1-2-20(14-22)21-8-9-23-24(15-21)35-17-34-23/h1-9,14-15,26,31-32H,10-13,16-17H2,(H,27,30). The molecule has 0 bridgehead atoms. The van der Waals surface area contributed by atoms with Gasteiger partial charge in [-0.05, 0) is 53.1 Å². The van der Waals surface area contributed by atoms with Crippen molar-refractivity contribution in [2.24, 2.45) is 0 Å². The number of hydrogen-bond donors (Lipinski definition) is 3. The molecule has 1 atom stereocenters. The van der Waals surface area contributed by atoms with Gasteiger partial charge in [-0.2, -0.15) is 0 Å². The fourth-order valence-corrected chi connectivity index (χ4v) is 4.27. The molecule has 1 saturated heterocycles. The number of aliphatic hydroxyl groups excluding tert-OH is 1. The number of rotatable bonds is 7. The van der Waals surface area contributed by atoms with Gasteiger partial charge >= 0.3 is 0 Å². The molecule has 1 unspecified atom stereocenters. The van der Waals surface area contributed by atoms with Crippen LogP contribution < -0.4 is 19.9 Å². The predicted octanol–water partition coefficient (Wildman–Crippen LogP) is 2.82. The van der Waals surface area contributed by atoms with Crippen LogP contribution in [0.15, 0.2) is 66.7 Å². The average molecular weight is 478 g/mol. The number of fused-ring (bicyclic) bond motifs is 1. The number of anilines is 1. The molecule has 3 aromatic carbocycles. The molecule has 1 fully saturated rings. The largest absolute Gasteiger partial charge is 0.454 e. The van der Waals surface area contributed by atoms with Crippen LogP contribution in [0.2, 0.25) is 0 Å². The molecular weight excluding hydrogens is 450 g/mol. The van der Waals surface area contributed by atoms with E-state index in [0.29, 0.717) is 44.2 Å². The van der Waals surface area contributed by atoms with E-state index in [1.54, 1.807) is 17.6 Å². The fourth-order valence-electron chi connectivity index (χ4n) is 4.27. The molecular formula is C26H27N3O6. The van der Waals surface area contributed by atoms with E-state index in [2.05, 4.69) is 0 Å². The Kier molecular flexibility index (Phi) is 6.82. The van der Waals surface area contributed by atoms with Gasteiger partial charge in [-0.15, -0.1) is 0 Å². The van der Waals surface area contributed by atoms with Crippen molar-refractivity contribution in [3.8, 4) is 22.6 Å². The average Bonchev–Trinajstić information content (AvgIpc) is 3.40. The molecule has 9 nitrogen and oxygen atoms in total. The normalized spacial score (nSPS) is 16.1. The Morgan fingerprint density at radius 3 is 2.49 bits per heavy atom. The Morgan fingerprint density at radius 1 is 0.971 bits per heavy atom. The van der Waals surface area contributed by atoms with Gasteiger partial charge in [0.2, 0.25) is 6.79 Å². The SMILES string of the molecule is O=C(NO)c1ccc(CN(c2cccc(-c3ccc4c(c3)OCO4)c2)C(O)N2CCOCC2)cc1. The van der Waals surface area contributed by atoms with E-state index in [0.717, 1.165) is 28.1 Å². The van der Waals surface area contributed by atoms with Crippen LogP contribution in [0.1, 0.15) is 15.9 Å². The summed E-state index contributed by atoms with van der Waals surface area (Å²) in [6.07, 6.45) is -0.869. The van der Waals surface area contributed by atoms with Crippen molar-refractivity contribution in [3.05, 3.63) is 77.9 Å². The molecule has 35 heavy (non-hydrogen) atoms. The van der Waals surface area contributed by atoms with Gasteiger partial charge in [-0.1, -0.05) is 30.3 Å². The first-order valence-electron chi connectivity index (χ1n) is 11.4. The van der Waals surface area contributed by atoms with E-state index in [1.807, 2.05) is 64.4 Å². The van der Waals surface area contributed by atoms with Gasteiger partial charge in [-0.25, -0.2) is 5.48 Å². The summed E-state index contributed by atoms with van der Waals surface area (Å²) in [6, 6.07) is 20.7. The highest BCUT2D eigenvalue weighted by Gasteiger charge is 2.26. The van der Waals surface area contributed by atoms with Crippen LogP contribution in [0, 0.1) is 0 Å². The van der Waals surface area contributed by atoms with E-state index in [4.69, 9.17) is 19.4 Å². The molecule has 2 aliphatic rings. The number of hydroxylamine groups is 1. The zero-order valence-electron chi connectivity index (χ0n) is 19.1. The number of ether oxygens (including phenoxy) is 3. The monoisotopic (exact) mass is 477 g/mol. The Labute approximate surface area is 203 Å². The molecule has 5 rings (SSSR count). The number of nitrogens with zero attached hydrogens (tertiary/aromatic N) is 2. The topological polar surface area (TPSA) is 104 Å². The lowest BCUT2D eigenvalue weighted by Gasteiger charge is -2.39. The van der Waals surface area contributed by atoms with Gasteiger partial charge in [0.05, 0.1) is 13.2 Å². The number of carbonyl (C=O) groups is 1. The van der Waals surface area contributed by atoms with Gasteiger partial charge in [0, 0.05) is 30.9 Å². The first-order chi connectivity index (χ1) is 17.1. The highest BCUT2D eigenvalue weighted by Crippen LogP contribution is 2.37. The van der Waals surface area contributed by atoms with Crippen LogP contribution in [-0.4, -0.2) is 60.6 Å². The summed E-state index contributed by atoms with van der Waals surface area (Å²) >= 11 is 0. The molecule has 0 spiro atoms. The summed E-state index contributed by atoms with van der Waals surface area (Å²) in [5.41, 5.74) is 5.70. The maximum Gasteiger partial charge on any atom is 0.274 e. The van der Waals surface area contributed by atoms with E-state index >= 15 is 0 Å². The first kappa shape index (κ1) is 23.1. The maximum absolute atomic E-state index is 11.7. The van der Waals surface area contributed by atoms with Gasteiger partial charge in [0.15, 0.2) is 17.9 Å². The lowest BCUT2D eigenvalue weighted by Crippen LogP contribution is -2.52. The highest BCUT2D eigenvalue weighted by molar-refractivity contribution is 5.93. The molecule has 0 aliphatic carbocycles. The second-order valence-electron chi connectivity index (χ2n) is 8.38. The molecule has 9 heteroatoms. The lowest BCUT2D eigenvalue weighted by molar-refractivity contribution is -0.0597. The minimum absolute atomic E-state index is 0.219. The van der Waals surface area contributed by atoms with Gasteiger partial charge in [0.25, 0.3) is 5.91 Å². The quantitative estimate of drug-likeness (QED) is 0.271. The van der Waals surface area contributed by atoms with Crippen LogP contribution >= 0.6 is 0 Å². The number of benzene rings is 3. The van der Waals surface area contributed by atoms with Crippen molar-refractivity contribution in [1.29, 1.82) is 0 Å². The third-order valence-electron chi connectivity index (χ3n) is 6.21. The Hall–Kier alpha value is -3.63.